The molecule has 0 spiro atoms. The van der Waals surface area contributed by atoms with Crippen LogP contribution in [0.1, 0.15) is 21.8 Å². The van der Waals surface area contributed by atoms with Gasteiger partial charge in [-0.25, -0.2) is 0 Å². The number of rotatable bonds is 5. The van der Waals surface area contributed by atoms with E-state index in [2.05, 4.69) is 20.4 Å². The van der Waals surface area contributed by atoms with Gasteiger partial charge >= 0.3 is 0 Å². The molecule has 0 atom stereocenters. The van der Waals surface area contributed by atoms with Gasteiger partial charge in [-0.15, -0.1) is 0 Å². The van der Waals surface area contributed by atoms with Crippen molar-refractivity contribution in [1.82, 2.24) is 15.1 Å². The highest BCUT2D eigenvalue weighted by molar-refractivity contribution is 6.31. The van der Waals surface area contributed by atoms with Gasteiger partial charge in [-0.05, 0) is 42.0 Å². The molecule has 0 aliphatic heterocycles. The number of amides is 1. The number of pyridine rings is 1. The zero-order chi connectivity index (χ0) is 19.3. The molecule has 1 N–H and O–H groups in total. The molecule has 0 saturated heterocycles. The molecule has 4 aromatic rings. The Balaban J connectivity index is 1.54. The van der Waals surface area contributed by atoms with Crippen molar-refractivity contribution in [1.29, 1.82) is 0 Å². The summed E-state index contributed by atoms with van der Waals surface area (Å²) in [5.41, 5.74) is 2.85. The Hall–Kier alpha value is -3.51. The summed E-state index contributed by atoms with van der Waals surface area (Å²) < 4.78 is 5.37. The van der Waals surface area contributed by atoms with Crippen molar-refractivity contribution in [2.24, 2.45) is 0 Å². The van der Waals surface area contributed by atoms with Gasteiger partial charge < -0.3 is 9.84 Å². The van der Waals surface area contributed by atoms with Crippen LogP contribution in [0.3, 0.4) is 0 Å². The molecule has 0 aliphatic carbocycles. The van der Waals surface area contributed by atoms with Crippen LogP contribution in [-0.4, -0.2) is 21.0 Å². The Morgan fingerprint density at radius 3 is 2.68 bits per heavy atom. The number of para-hydroxylation sites is 1. The van der Waals surface area contributed by atoms with E-state index in [9.17, 15) is 4.79 Å². The van der Waals surface area contributed by atoms with Gasteiger partial charge in [0, 0.05) is 34.2 Å². The Kier molecular flexibility index (Phi) is 5.12. The quantitative estimate of drug-likeness (QED) is 0.537. The maximum atomic E-state index is 12.5. The molecule has 2 heterocycles. The van der Waals surface area contributed by atoms with E-state index >= 15 is 0 Å². The average Bonchev–Trinajstić information content (AvgIpc) is 3.19. The Labute approximate surface area is 166 Å². The molecule has 0 saturated carbocycles. The second-order valence-electron chi connectivity index (χ2n) is 6.05. The number of hydrogen-bond donors (Lipinski definition) is 1. The summed E-state index contributed by atoms with van der Waals surface area (Å²) in [5.74, 6) is 0.715. The van der Waals surface area contributed by atoms with Crippen molar-refractivity contribution in [3.63, 3.8) is 0 Å². The topological polar surface area (TPSA) is 80.9 Å². The normalized spacial score (nSPS) is 10.6. The number of aromatic nitrogens is 3. The summed E-state index contributed by atoms with van der Waals surface area (Å²) in [6, 6.07) is 17.9. The molecule has 1 amide bonds. The first-order valence-electron chi connectivity index (χ1n) is 8.57. The second-order valence-corrected chi connectivity index (χ2v) is 6.48. The molecule has 6 nitrogen and oxygen atoms in total. The lowest BCUT2D eigenvalue weighted by atomic mass is 10.1. The average molecular weight is 391 g/mol. The van der Waals surface area contributed by atoms with Gasteiger partial charge in [0.15, 0.2) is 0 Å². The fourth-order valence-electron chi connectivity index (χ4n) is 2.73. The van der Waals surface area contributed by atoms with Gasteiger partial charge in [0.1, 0.15) is 0 Å². The van der Waals surface area contributed by atoms with E-state index in [1.54, 1.807) is 36.7 Å². The van der Waals surface area contributed by atoms with Gasteiger partial charge in [0.05, 0.1) is 6.42 Å². The van der Waals surface area contributed by atoms with Gasteiger partial charge in [-0.1, -0.05) is 41.0 Å². The van der Waals surface area contributed by atoms with Crippen LogP contribution in [0.4, 0.5) is 5.69 Å². The molecule has 4 rings (SSSR count). The fourth-order valence-corrected chi connectivity index (χ4v) is 2.92. The van der Waals surface area contributed by atoms with Crippen molar-refractivity contribution in [2.75, 3.05) is 5.32 Å². The van der Waals surface area contributed by atoms with E-state index in [-0.39, 0.29) is 5.91 Å². The minimum Gasteiger partial charge on any atom is -0.339 e. The monoisotopic (exact) mass is 390 g/mol. The van der Waals surface area contributed by atoms with Crippen LogP contribution >= 0.6 is 11.6 Å². The number of carbonyl (C=O) groups is 1. The molecule has 0 unspecified atom stereocenters. The molecule has 0 fully saturated rings. The number of carbonyl (C=O) groups excluding carboxylic acids is 1. The van der Waals surface area contributed by atoms with Crippen molar-refractivity contribution in [3.8, 4) is 11.4 Å². The number of halogens is 1. The van der Waals surface area contributed by atoms with E-state index in [0.717, 1.165) is 11.1 Å². The Morgan fingerprint density at radius 1 is 1.04 bits per heavy atom. The summed E-state index contributed by atoms with van der Waals surface area (Å²) in [6.07, 6.45) is 3.74. The van der Waals surface area contributed by atoms with E-state index in [0.29, 0.717) is 34.4 Å². The predicted molar refractivity (Wildman–Crippen MR) is 106 cm³/mol. The smallest absolute Gasteiger partial charge is 0.255 e. The molecule has 2 aromatic carbocycles. The van der Waals surface area contributed by atoms with E-state index in [1.165, 1.54) is 0 Å². The molecule has 138 valence electrons. The highest BCUT2D eigenvalue weighted by Crippen LogP contribution is 2.22. The third kappa shape index (κ3) is 4.07. The van der Waals surface area contributed by atoms with Crippen molar-refractivity contribution in [2.45, 2.75) is 6.42 Å². The Morgan fingerprint density at radius 2 is 1.86 bits per heavy atom. The van der Waals surface area contributed by atoms with Gasteiger partial charge in [-0.3, -0.25) is 9.78 Å². The fraction of sp³-hybridized carbons (Fsp3) is 0.0476. The molecule has 0 bridgehead atoms. The molecule has 0 aliphatic rings. The van der Waals surface area contributed by atoms with Crippen LogP contribution in [0.5, 0.6) is 0 Å². The van der Waals surface area contributed by atoms with Crippen molar-refractivity contribution in [3.05, 3.63) is 95.1 Å². The van der Waals surface area contributed by atoms with Crippen LogP contribution in [-0.2, 0) is 6.42 Å². The van der Waals surface area contributed by atoms with Crippen LogP contribution < -0.4 is 5.32 Å². The zero-order valence-corrected chi connectivity index (χ0v) is 15.4. The van der Waals surface area contributed by atoms with Gasteiger partial charge in [0.2, 0.25) is 11.7 Å². The van der Waals surface area contributed by atoms with Crippen LogP contribution in [0.25, 0.3) is 11.4 Å². The van der Waals surface area contributed by atoms with Gasteiger partial charge in [0.25, 0.3) is 5.91 Å². The first kappa shape index (κ1) is 17.9. The highest BCUT2D eigenvalue weighted by atomic mass is 35.5. The lowest BCUT2D eigenvalue weighted by Crippen LogP contribution is -2.13. The molecule has 0 radical (unpaired) electrons. The van der Waals surface area contributed by atoms with E-state index < -0.39 is 0 Å². The molecule has 7 heteroatoms. The third-order valence-corrected chi connectivity index (χ3v) is 4.34. The largest absolute Gasteiger partial charge is 0.339 e. The maximum absolute atomic E-state index is 12.5. The zero-order valence-electron chi connectivity index (χ0n) is 14.7. The summed E-state index contributed by atoms with van der Waals surface area (Å²) in [5, 5.41) is 7.44. The number of nitrogens with zero attached hydrogens (tertiary/aromatic N) is 3. The van der Waals surface area contributed by atoms with E-state index in [1.807, 2.05) is 36.4 Å². The molecular weight excluding hydrogens is 376 g/mol. The third-order valence-electron chi connectivity index (χ3n) is 4.10. The second kappa shape index (κ2) is 8.02. The van der Waals surface area contributed by atoms with E-state index in [4.69, 9.17) is 16.1 Å². The first-order valence-corrected chi connectivity index (χ1v) is 8.94. The standard InChI is InChI=1S/C21H15ClN4O2/c22-17-6-3-5-16(12-17)21(27)24-18-7-2-1-4-15(18)13-19-25-20(26-28-19)14-8-10-23-11-9-14/h1-12H,13H2,(H,24,27). The lowest BCUT2D eigenvalue weighted by molar-refractivity contribution is 0.102. The maximum Gasteiger partial charge on any atom is 0.255 e. The summed E-state index contributed by atoms with van der Waals surface area (Å²) in [6.45, 7) is 0. The Bertz CT molecular complexity index is 1110. The van der Waals surface area contributed by atoms with Crippen molar-refractivity contribution >= 4 is 23.2 Å². The SMILES string of the molecule is O=C(Nc1ccccc1Cc1nc(-c2ccncc2)no1)c1cccc(Cl)c1. The molecule has 2 aromatic heterocycles. The number of nitrogens with one attached hydrogen (secondary N) is 1. The molecule has 28 heavy (non-hydrogen) atoms. The number of benzene rings is 2. The van der Waals surface area contributed by atoms with Crippen LogP contribution in [0.15, 0.2) is 77.6 Å². The van der Waals surface area contributed by atoms with Crippen LogP contribution in [0, 0.1) is 0 Å². The highest BCUT2D eigenvalue weighted by Gasteiger charge is 2.13. The lowest BCUT2D eigenvalue weighted by Gasteiger charge is -2.10. The van der Waals surface area contributed by atoms with Crippen molar-refractivity contribution < 1.29 is 9.32 Å². The minimum atomic E-state index is -0.238. The van der Waals surface area contributed by atoms with Crippen LogP contribution in [0.2, 0.25) is 5.02 Å². The van der Waals surface area contributed by atoms with Gasteiger partial charge in [-0.2, -0.15) is 4.98 Å². The number of hydrogen-bond acceptors (Lipinski definition) is 5. The number of anilines is 1. The summed E-state index contributed by atoms with van der Waals surface area (Å²) >= 11 is 5.97. The summed E-state index contributed by atoms with van der Waals surface area (Å²) in [7, 11) is 0. The predicted octanol–water partition coefficient (Wildman–Crippen LogP) is 4.63. The first-order chi connectivity index (χ1) is 13.7. The minimum absolute atomic E-state index is 0.238. The molecular formula is C21H15ClN4O2. The summed E-state index contributed by atoms with van der Waals surface area (Å²) in [4.78, 5) is 20.9.